The predicted molar refractivity (Wildman–Crippen MR) is 119 cm³/mol. The number of nitrogens with zero attached hydrogens (tertiary/aromatic N) is 4. The van der Waals surface area contributed by atoms with Gasteiger partial charge in [-0.2, -0.15) is 15.1 Å². The van der Waals surface area contributed by atoms with E-state index in [0.717, 1.165) is 41.4 Å². The zero-order chi connectivity index (χ0) is 20.6. The molecule has 3 aromatic rings. The first-order valence-corrected chi connectivity index (χ1v) is 11.4. The maximum absolute atomic E-state index is 6.05. The Hall–Kier alpha value is -1.99. The van der Waals surface area contributed by atoms with Crippen molar-refractivity contribution in [3.8, 4) is 5.95 Å². The lowest BCUT2D eigenvalue weighted by atomic mass is 9.94. The number of thiophene rings is 1. The quantitative estimate of drug-likeness (QED) is 0.530. The maximum Gasteiger partial charge on any atom is 0.254 e. The molecule has 0 unspecified atom stereocenters. The van der Waals surface area contributed by atoms with E-state index in [0.29, 0.717) is 12.6 Å². The zero-order valence-corrected chi connectivity index (χ0v) is 18.9. The average molecular weight is 414 g/mol. The largest absolute Gasteiger partial charge is 0.370 e. The van der Waals surface area contributed by atoms with E-state index in [9.17, 15) is 0 Å². The molecule has 0 amide bonds. The molecule has 29 heavy (non-hydrogen) atoms. The van der Waals surface area contributed by atoms with E-state index >= 15 is 0 Å². The van der Waals surface area contributed by atoms with Gasteiger partial charge < -0.3 is 10.1 Å². The Kier molecular flexibility index (Phi) is 5.62. The van der Waals surface area contributed by atoms with Crippen LogP contribution < -0.4 is 5.32 Å². The van der Waals surface area contributed by atoms with Crippen molar-refractivity contribution < 1.29 is 4.74 Å². The minimum atomic E-state index is -0.159. The number of fused-ring (bicyclic) bond motifs is 3. The van der Waals surface area contributed by atoms with E-state index < -0.39 is 0 Å². The molecule has 156 valence electrons. The van der Waals surface area contributed by atoms with Crippen LogP contribution in [0.15, 0.2) is 6.07 Å². The minimum absolute atomic E-state index is 0.159. The van der Waals surface area contributed by atoms with Crippen molar-refractivity contribution in [2.75, 3.05) is 11.9 Å². The number of unbranched alkanes of at least 4 members (excludes halogenated alkanes) is 3. The summed E-state index contributed by atoms with van der Waals surface area (Å²) in [7, 11) is 0. The molecule has 0 saturated carbocycles. The minimum Gasteiger partial charge on any atom is -0.370 e. The van der Waals surface area contributed by atoms with Crippen molar-refractivity contribution in [1.29, 1.82) is 0 Å². The first kappa shape index (κ1) is 20.3. The van der Waals surface area contributed by atoms with Crippen LogP contribution in [0.4, 0.5) is 5.82 Å². The molecule has 0 atom stereocenters. The van der Waals surface area contributed by atoms with Gasteiger partial charge in [0.2, 0.25) is 0 Å². The number of anilines is 1. The number of aromatic nitrogens is 4. The summed E-state index contributed by atoms with van der Waals surface area (Å²) in [6.07, 6.45) is 5.79. The number of hydrogen-bond donors (Lipinski definition) is 1. The number of nitrogens with one attached hydrogen (secondary N) is 1. The normalized spacial score (nSPS) is 15.6. The van der Waals surface area contributed by atoms with Gasteiger partial charge in [0.15, 0.2) is 0 Å². The summed E-state index contributed by atoms with van der Waals surface area (Å²) in [6, 6.07) is 2.06. The highest BCUT2D eigenvalue weighted by molar-refractivity contribution is 7.19. The predicted octanol–water partition coefficient (Wildman–Crippen LogP) is 5.34. The molecular weight excluding hydrogens is 382 g/mol. The van der Waals surface area contributed by atoms with Crippen LogP contribution in [0.5, 0.6) is 0 Å². The number of ether oxygens (including phenoxy) is 1. The van der Waals surface area contributed by atoms with Crippen LogP contribution in [0.2, 0.25) is 0 Å². The number of hydrogen-bond acceptors (Lipinski definition) is 6. The van der Waals surface area contributed by atoms with Gasteiger partial charge in [0.1, 0.15) is 10.6 Å². The average Bonchev–Trinajstić information content (AvgIpc) is 3.19. The van der Waals surface area contributed by atoms with E-state index in [-0.39, 0.29) is 5.60 Å². The van der Waals surface area contributed by atoms with Crippen LogP contribution in [-0.2, 0) is 17.8 Å². The first-order chi connectivity index (χ1) is 13.9. The highest BCUT2D eigenvalue weighted by Crippen LogP contribution is 2.41. The van der Waals surface area contributed by atoms with E-state index in [1.807, 2.05) is 18.5 Å². The molecule has 0 spiro atoms. The first-order valence-electron chi connectivity index (χ1n) is 10.6. The van der Waals surface area contributed by atoms with Crippen LogP contribution >= 0.6 is 11.3 Å². The molecule has 0 radical (unpaired) electrons. The lowest BCUT2D eigenvalue weighted by molar-refractivity contribution is -0.0379. The topological polar surface area (TPSA) is 64.9 Å². The fraction of sp³-hybridized carbons (Fsp3) is 0.591. The Morgan fingerprint density at radius 1 is 1.21 bits per heavy atom. The number of aryl methyl sites for hydroxylation is 2. The smallest absolute Gasteiger partial charge is 0.254 e. The fourth-order valence-corrected chi connectivity index (χ4v) is 5.04. The Balaban J connectivity index is 1.77. The van der Waals surface area contributed by atoms with E-state index in [4.69, 9.17) is 14.7 Å². The molecular formula is C22H31N5OS. The van der Waals surface area contributed by atoms with Crippen molar-refractivity contribution in [1.82, 2.24) is 19.7 Å². The van der Waals surface area contributed by atoms with Gasteiger partial charge in [-0.05, 0) is 45.7 Å². The summed E-state index contributed by atoms with van der Waals surface area (Å²) >= 11 is 1.73. The van der Waals surface area contributed by atoms with Gasteiger partial charge in [0, 0.05) is 23.5 Å². The Bertz CT molecular complexity index is 1020. The van der Waals surface area contributed by atoms with Crippen LogP contribution in [-0.4, -0.2) is 31.9 Å². The molecule has 3 aromatic heterocycles. The van der Waals surface area contributed by atoms with Crippen LogP contribution in [0.3, 0.4) is 0 Å². The van der Waals surface area contributed by atoms with Crippen molar-refractivity contribution in [2.24, 2.45) is 0 Å². The summed E-state index contributed by atoms with van der Waals surface area (Å²) in [5, 5.41) is 9.39. The third-order valence-corrected chi connectivity index (χ3v) is 6.54. The van der Waals surface area contributed by atoms with Gasteiger partial charge in [-0.15, -0.1) is 11.3 Å². The summed E-state index contributed by atoms with van der Waals surface area (Å²) in [6.45, 7) is 12.2. The fourth-order valence-electron chi connectivity index (χ4n) is 3.95. The van der Waals surface area contributed by atoms with Gasteiger partial charge in [-0.25, -0.2) is 4.68 Å². The van der Waals surface area contributed by atoms with Crippen molar-refractivity contribution >= 4 is 27.4 Å². The molecule has 4 heterocycles. The molecule has 0 aromatic carbocycles. The summed E-state index contributed by atoms with van der Waals surface area (Å²) in [4.78, 5) is 12.1. The van der Waals surface area contributed by atoms with Crippen molar-refractivity contribution in [3.63, 3.8) is 0 Å². The van der Waals surface area contributed by atoms with E-state index in [1.54, 1.807) is 11.3 Å². The van der Waals surface area contributed by atoms with Gasteiger partial charge >= 0.3 is 0 Å². The summed E-state index contributed by atoms with van der Waals surface area (Å²) in [5.74, 6) is 1.57. The van der Waals surface area contributed by atoms with Crippen LogP contribution in [0, 0.1) is 13.8 Å². The summed E-state index contributed by atoms with van der Waals surface area (Å²) in [5.41, 5.74) is 3.20. The van der Waals surface area contributed by atoms with Gasteiger partial charge in [0.25, 0.3) is 5.95 Å². The van der Waals surface area contributed by atoms with E-state index in [2.05, 4.69) is 37.3 Å². The maximum atomic E-state index is 6.05. The molecule has 1 N–H and O–H groups in total. The van der Waals surface area contributed by atoms with Gasteiger partial charge in [-0.1, -0.05) is 26.2 Å². The molecule has 4 rings (SSSR count). The lowest BCUT2D eigenvalue weighted by Crippen LogP contribution is -2.31. The Morgan fingerprint density at radius 2 is 2.03 bits per heavy atom. The Morgan fingerprint density at radius 3 is 2.76 bits per heavy atom. The SMILES string of the molecule is CCCCCCNc1nc(-n2nc(C)cc2C)nc2sc3c(c12)CC(C)(C)OC3. The second-order valence-corrected chi connectivity index (χ2v) is 9.69. The molecule has 0 fully saturated rings. The standard InChI is InChI=1S/C22H31N5OS/c1-6-7-8-9-10-23-19-18-16-12-22(4,5)28-13-17(16)29-20(18)25-21(24-19)27-15(3)11-14(2)26-27/h11H,6-10,12-13H2,1-5H3,(H,23,24,25). The molecule has 0 aliphatic carbocycles. The Labute approximate surface area is 176 Å². The second kappa shape index (κ2) is 8.03. The van der Waals surface area contributed by atoms with Crippen LogP contribution in [0.25, 0.3) is 16.2 Å². The van der Waals surface area contributed by atoms with Gasteiger partial charge in [-0.3, -0.25) is 0 Å². The molecule has 1 aliphatic heterocycles. The summed E-state index contributed by atoms with van der Waals surface area (Å²) < 4.78 is 7.89. The second-order valence-electron chi connectivity index (χ2n) is 8.61. The third kappa shape index (κ3) is 4.16. The highest BCUT2D eigenvalue weighted by Gasteiger charge is 2.31. The van der Waals surface area contributed by atoms with E-state index in [1.165, 1.54) is 35.1 Å². The lowest BCUT2D eigenvalue weighted by Gasteiger charge is -2.30. The zero-order valence-electron chi connectivity index (χ0n) is 18.1. The van der Waals surface area contributed by atoms with Crippen LogP contribution in [0.1, 0.15) is 68.3 Å². The molecule has 7 heteroatoms. The van der Waals surface area contributed by atoms with Gasteiger partial charge in [0.05, 0.1) is 23.3 Å². The third-order valence-electron chi connectivity index (χ3n) is 5.44. The molecule has 0 bridgehead atoms. The molecule has 1 aliphatic rings. The molecule has 6 nitrogen and oxygen atoms in total. The molecule has 0 saturated heterocycles. The monoisotopic (exact) mass is 413 g/mol. The highest BCUT2D eigenvalue weighted by atomic mass is 32.1. The van der Waals surface area contributed by atoms with Crippen molar-refractivity contribution in [2.45, 2.75) is 78.9 Å². The van der Waals surface area contributed by atoms with Crippen molar-refractivity contribution in [3.05, 3.63) is 27.9 Å². The number of rotatable bonds is 7.